The van der Waals surface area contributed by atoms with Gasteiger partial charge in [0.25, 0.3) is 0 Å². The second-order valence-corrected chi connectivity index (χ2v) is 4.27. The molecule has 1 atom stereocenters. The smallest absolute Gasteiger partial charge is 0.159 e. The lowest BCUT2D eigenvalue weighted by atomic mass is 9.64. The summed E-state index contributed by atoms with van der Waals surface area (Å²) in [6, 6.07) is 5.24. The fourth-order valence-corrected chi connectivity index (χ4v) is 2.07. The van der Waals surface area contributed by atoms with Gasteiger partial charge in [-0.2, -0.15) is 5.26 Å². The van der Waals surface area contributed by atoms with Crippen molar-refractivity contribution in [1.29, 1.82) is 5.26 Å². The normalized spacial score (nSPS) is 19.6. The van der Waals surface area contributed by atoms with E-state index >= 15 is 0 Å². The summed E-state index contributed by atoms with van der Waals surface area (Å²) in [5, 5.41) is 9.09. The molecule has 1 fully saturated rings. The Balaban J connectivity index is 2.31. The molecule has 2 nitrogen and oxygen atoms in total. The van der Waals surface area contributed by atoms with Gasteiger partial charge in [0, 0.05) is 6.04 Å². The van der Waals surface area contributed by atoms with Gasteiger partial charge in [-0.1, -0.05) is 12.5 Å². The lowest BCUT2D eigenvalue weighted by Gasteiger charge is -2.40. The molecule has 2 N–H and O–H groups in total. The van der Waals surface area contributed by atoms with E-state index in [-0.39, 0.29) is 0 Å². The van der Waals surface area contributed by atoms with Crippen LogP contribution in [0.5, 0.6) is 0 Å². The molecule has 4 heteroatoms. The molecule has 1 aliphatic carbocycles. The van der Waals surface area contributed by atoms with Crippen molar-refractivity contribution in [3.05, 3.63) is 35.4 Å². The van der Waals surface area contributed by atoms with E-state index in [4.69, 9.17) is 11.0 Å². The van der Waals surface area contributed by atoms with Crippen LogP contribution in [0.1, 0.15) is 30.9 Å². The number of halogens is 2. The molecule has 1 saturated carbocycles. The standard InChI is InChI=1S/C12H12F2N2/c13-9-3-2-8(6-10(9)14)11(16)12(7-15)4-1-5-12/h2-3,6,11H,1,4-5,16H2. The van der Waals surface area contributed by atoms with E-state index < -0.39 is 23.1 Å². The maximum atomic E-state index is 13.0. The Morgan fingerprint density at radius 1 is 1.31 bits per heavy atom. The van der Waals surface area contributed by atoms with Gasteiger partial charge in [-0.25, -0.2) is 8.78 Å². The fourth-order valence-electron chi connectivity index (χ4n) is 2.07. The van der Waals surface area contributed by atoms with E-state index in [1.165, 1.54) is 6.07 Å². The molecular weight excluding hydrogens is 210 g/mol. The summed E-state index contributed by atoms with van der Waals surface area (Å²) in [5.41, 5.74) is 5.85. The van der Waals surface area contributed by atoms with Gasteiger partial charge < -0.3 is 5.73 Å². The topological polar surface area (TPSA) is 49.8 Å². The van der Waals surface area contributed by atoms with Crippen LogP contribution in [0.15, 0.2) is 18.2 Å². The summed E-state index contributed by atoms with van der Waals surface area (Å²) in [4.78, 5) is 0. The van der Waals surface area contributed by atoms with Gasteiger partial charge in [0.05, 0.1) is 11.5 Å². The third-order valence-electron chi connectivity index (χ3n) is 3.37. The molecule has 0 aromatic heterocycles. The molecule has 0 amide bonds. The number of nitriles is 1. The van der Waals surface area contributed by atoms with Crippen molar-refractivity contribution in [2.45, 2.75) is 25.3 Å². The molecule has 16 heavy (non-hydrogen) atoms. The fraction of sp³-hybridized carbons (Fsp3) is 0.417. The van der Waals surface area contributed by atoms with Crippen LogP contribution in [-0.2, 0) is 0 Å². The first-order valence-electron chi connectivity index (χ1n) is 5.21. The second-order valence-electron chi connectivity index (χ2n) is 4.27. The third kappa shape index (κ3) is 1.57. The molecule has 0 aliphatic heterocycles. The molecule has 0 radical (unpaired) electrons. The Morgan fingerprint density at radius 3 is 2.44 bits per heavy atom. The Labute approximate surface area is 92.7 Å². The highest BCUT2D eigenvalue weighted by atomic mass is 19.2. The monoisotopic (exact) mass is 222 g/mol. The summed E-state index contributed by atoms with van der Waals surface area (Å²) in [6.45, 7) is 0. The molecule has 0 saturated heterocycles. The van der Waals surface area contributed by atoms with Crippen LogP contribution in [0.25, 0.3) is 0 Å². The van der Waals surface area contributed by atoms with Gasteiger partial charge >= 0.3 is 0 Å². The van der Waals surface area contributed by atoms with E-state index in [0.29, 0.717) is 5.56 Å². The van der Waals surface area contributed by atoms with Gasteiger partial charge in [0.2, 0.25) is 0 Å². The van der Waals surface area contributed by atoms with Crippen LogP contribution in [0.2, 0.25) is 0 Å². The molecule has 1 aromatic carbocycles. The summed E-state index contributed by atoms with van der Waals surface area (Å²) in [6.07, 6.45) is 2.41. The minimum Gasteiger partial charge on any atom is -0.323 e. The molecular formula is C12H12F2N2. The summed E-state index contributed by atoms with van der Waals surface area (Å²) in [7, 11) is 0. The highest BCUT2D eigenvalue weighted by Gasteiger charge is 2.43. The van der Waals surface area contributed by atoms with E-state index in [2.05, 4.69) is 6.07 Å². The predicted molar refractivity (Wildman–Crippen MR) is 55.2 cm³/mol. The van der Waals surface area contributed by atoms with Crippen molar-refractivity contribution in [2.24, 2.45) is 11.1 Å². The highest BCUT2D eigenvalue weighted by molar-refractivity contribution is 5.27. The highest BCUT2D eigenvalue weighted by Crippen LogP contribution is 2.48. The van der Waals surface area contributed by atoms with E-state index in [1.807, 2.05) is 0 Å². The Bertz CT molecular complexity index is 447. The van der Waals surface area contributed by atoms with Crippen LogP contribution < -0.4 is 5.73 Å². The quantitative estimate of drug-likeness (QED) is 0.836. The SMILES string of the molecule is N#CC1(C(N)c2ccc(F)c(F)c2)CCC1. The Kier molecular flexibility index (Phi) is 2.64. The molecule has 2 rings (SSSR count). The van der Waals surface area contributed by atoms with E-state index in [0.717, 1.165) is 31.4 Å². The molecule has 84 valence electrons. The van der Waals surface area contributed by atoms with Crippen molar-refractivity contribution in [1.82, 2.24) is 0 Å². The van der Waals surface area contributed by atoms with Gasteiger partial charge in [0.1, 0.15) is 0 Å². The lowest BCUT2D eigenvalue weighted by molar-refractivity contribution is 0.168. The maximum Gasteiger partial charge on any atom is 0.159 e. The van der Waals surface area contributed by atoms with E-state index in [1.54, 1.807) is 0 Å². The molecule has 1 aliphatic rings. The second kappa shape index (κ2) is 3.84. The summed E-state index contributed by atoms with van der Waals surface area (Å²) >= 11 is 0. The number of benzene rings is 1. The predicted octanol–water partition coefficient (Wildman–Crippen LogP) is 2.66. The average molecular weight is 222 g/mol. The van der Waals surface area contributed by atoms with Crippen molar-refractivity contribution in [3.8, 4) is 6.07 Å². The number of nitrogens with two attached hydrogens (primary N) is 1. The van der Waals surface area contributed by atoms with Crippen LogP contribution >= 0.6 is 0 Å². The summed E-state index contributed by atoms with van der Waals surface area (Å²) < 4.78 is 25.8. The molecule has 1 aromatic rings. The van der Waals surface area contributed by atoms with E-state index in [9.17, 15) is 8.78 Å². The first-order valence-corrected chi connectivity index (χ1v) is 5.21. The van der Waals surface area contributed by atoms with Crippen LogP contribution in [-0.4, -0.2) is 0 Å². The first-order chi connectivity index (χ1) is 7.59. The van der Waals surface area contributed by atoms with Gasteiger partial charge in [-0.3, -0.25) is 0 Å². The Morgan fingerprint density at radius 2 is 2.00 bits per heavy atom. The van der Waals surface area contributed by atoms with Gasteiger partial charge in [-0.05, 0) is 30.5 Å². The Hall–Kier alpha value is -1.47. The third-order valence-corrected chi connectivity index (χ3v) is 3.37. The van der Waals surface area contributed by atoms with Gasteiger partial charge in [-0.15, -0.1) is 0 Å². The van der Waals surface area contributed by atoms with Crippen LogP contribution in [0.4, 0.5) is 8.78 Å². The zero-order valence-corrected chi connectivity index (χ0v) is 8.71. The zero-order valence-electron chi connectivity index (χ0n) is 8.71. The lowest BCUT2D eigenvalue weighted by Crippen LogP contribution is -2.39. The minimum absolute atomic E-state index is 0.486. The molecule has 0 spiro atoms. The van der Waals surface area contributed by atoms with Crippen molar-refractivity contribution in [2.75, 3.05) is 0 Å². The molecule has 0 bridgehead atoms. The number of rotatable bonds is 2. The number of nitrogens with zero attached hydrogens (tertiary/aromatic N) is 1. The largest absolute Gasteiger partial charge is 0.323 e. The first kappa shape index (κ1) is 11.0. The molecule has 0 heterocycles. The van der Waals surface area contributed by atoms with Crippen molar-refractivity contribution in [3.63, 3.8) is 0 Å². The van der Waals surface area contributed by atoms with Crippen LogP contribution in [0.3, 0.4) is 0 Å². The molecule has 1 unspecified atom stereocenters. The zero-order chi connectivity index (χ0) is 11.8. The number of hydrogen-bond donors (Lipinski definition) is 1. The maximum absolute atomic E-state index is 13.0. The minimum atomic E-state index is -0.916. The average Bonchev–Trinajstić information content (AvgIpc) is 2.21. The van der Waals surface area contributed by atoms with Crippen molar-refractivity contribution < 1.29 is 8.78 Å². The summed E-state index contributed by atoms with van der Waals surface area (Å²) in [5.74, 6) is -1.81. The van der Waals surface area contributed by atoms with Crippen LogP contribution in [0, 0.1) is 28.4 Å². The van der Waals surface area contributed by atoms with Gasteiger partial charge in [0.15, 0.2) is 11.6 Å². The number of hydrogen-bond acceptors (Lipinski definition) is 2. The van der Waals surface area contributed by atoms with Crippen molar-refractivity contribution >= 4 is 0 Å².